The highest BCUT2D eigenvalue weighted by atomic mass is 32.2. The molecule has 0 bridgehead atoms. The van der Waals surface area contributed by atoms with Crippen LogP contribution in [0.4, 0.5) is 0 Å². The predicted molar refractivity (Wildman–Crippen MR) is 122 cm³/mol. The topological polar surface area (TPSA) is 127 Å². The van der Waals surface area contributed by atoms with E-state index in [1.165, 1.54) is 83.5 Å². The fourth-order valence-corrected chi connectivity index (χ4v) is 4.24. The fourth-order valence-electron chi connectivity index (χ4n) is 3.51. The molecule has 7 nitrogen and oxygen atoms in total. The van der Waals surface area contributed by atoms with Gasteiger partial charge >= 0.3 is 0 Å². The standard InChI is InChI=1S/C22H44N2O5S/c1-2-3-4-5-6-7-8-9-10-11-12-13-14-15-16-17-18-24-22(26)20(19-21(23)25)30(27,28)29/h20H,2-19H2,1H3,(H2,23,25)(H,24,26)(H,27,28,29). The van der Waals surface area contributed by atoms with E-state index in [-0.39, 0.29) is 0 Å². The third-order valence-corrected chi connectivity index (χ3v) is 6.47. The molecule has 0 radical (unpaired) electrons. The summed E-state index contributed by atoms with van der Waals surface area (Å²) in [4.78, 5) is 22.7. The number of nitrogens with two attached hydrogens (primary N) is 1. The summed E-state index contributed by atoms with van der Waals surface area (Å²) in [7, 11) is -4.65. The van der Waals surface area contributed by atoms with Crippen molar-refractivity contribution in [2.75, 3.05) is 6.54 Å². The Morgan fingerprint density at radius 3 is 1.47 bits per heavy atom. The minimum atomic E-state index is -4.65. The predicted octanol–water partition coefficient (Wildman–Crippen LogP) is 4.50. The number of nitrogens with one attached hydrogen (secondary N) is 1. The Bertz CT molecular complexity index is 552. The van der Waals surface area contributed by atoms with E-state index < -0.39 is 33.6 Å². The van der Waals surface area contributed by atoms with Gasteiger partial charge in [-0.2, -0.15) is 8.42 Å². The molecule has 1 unspecified atom stereocenters. The molecule has 0 aliphatic carbocycles. The molecular weight excluding hydrogens is 404 g/mol. The second kappa shape index (κ2) is 18.6. The van der Waals surface area contributed by atoms with Crippen molar-refractivity contribution in [2.45, 2.75) is 121 Å². The van der Waals surface area contributed by atoms with Gasteiger partial charge in [-0.25, -0.2) is 0 Å². The monoisotopic (exact) mass is 448 g/mol. The minimum absolute atomic E-state index is 0.321. The molecule has 0 aromatic carbocycles. The molecule has 0 saturated carbocycles. The van der Waals surface area contributed by atoms with Crippen LogP contribution in [0.3, 0.4) is 0 Å². The van der Waals surface area contributed by atoms with E-state index in [1.807, 2.05) is 0 Å². The molecule has 1 atom stereocenters. The maximum Gasteiger partial charge on any atom is 0.277 e. The zero-order valence-electron chi connectivity index (χ0n) is 18.9. The summed E-state index contributed by atoms with van der Waals surface area (Å²) in [6, 6.07) is 0. The van der Waals surface area contributed by atoms with E-state index in [1.54, 1.807) is 0 Å². The average molecular weight is 449 g/mol. The zero-order valence-corrected chi connectivity index (χ0v) is 19.7. The third kappa shape index (κ3) is 17.7. The Labute approximate surface area is 183 Å². The number of unbranched alkanes of at least 4 members (excludes halogenated alkanes) is 15. The lowest BCUT2D eigenvalue weighted by atomic mass is 10.0. The number of amides is 2. The average Bonchev–Trinajstić information content (AvgIpc) is 2.67. The van der Waals surface area contributed by atoms with E-state index in [2.05, 4.69) is 12.2 Å². The van der Waals surface area contributed by atoms with Crippen molar-refractivity contribution in [3.8, 4) is 0 Å². The first-order chi connectivity index (χ1) is 14.3. The van der Waals surface area contributed by atoms with Crippen LogP contribution >= 0.6 is 0 Å². The van der Waals surface area contributed by atoms with Gasteiger partial charge in [-0.05, 0) is 6.42 Å². The van der Waals surface area contributed by atoms with E-state index in [4.69, 9.17) is 10.3 Å². The lowest BCUT2D eigenvalue weighted by molar-refractivity contribution is -0.124. The van der Waals surface area contributed by atoms with Crippen LogP contribution in [0.5, 0.6) is 0 Å². The van der Waals surface area contributed by atoms with Crippen LogP contribution in [-0.4, -0.2) is 36.6 Å². The molecule has 0 saturated heterocycles. The Balaban J connectivity index is 3.49. The molecule has 8 heteroatoms. The molecular formula is C22H44N2O5S. The molecule has 4 N–H and O–H groups in total. The van der Waals surface area contributed by atoms with E-state index >= 15 is 0 Å². The van der Waals surface area contributed by atoms with Crippen LogP contribution in [0.15, 0.2) is 0 Å². The minimum Gasteiger partial charge on any atom is -0.370 e. The summed E-state index contributed by atoms with van der Waals surface area (Å²) in [5, 5.41) is 0.635. The van der Waals surface area contributed by atoms with Crippen molar-refractivity contribution in [1.82, 2.24) is 5.32 Å². The number of hydrogen-bond acceptors (Lipinski definition) is 4. The molecule has 0 heterocycles. The Morgan fingerprint density at radius 2 is 1.13 bits per heavy atom. The summed E-state index contributed by atoms with van der Waals surface area (Å²) >= 11 is 0. The molecule has 0 fully saturated rings. The third-order valence-electron chi connectivity index (χ3n) is 5.37. The highest BCUT2D eigenvalue weighted by molar-refractivity contribution is 7.87. The molecule has 0 rings (SSSR count). The smallest absolute Gasteiger partial charge is 0.277 e. The summed E-state index contributed by atoms with van der Waals surface area (Å²) in [5.74, 6) is -1.83. The number of carbonyl (C=O) groups excluding carboxylic acids is 2. The van der Waals surface area contributed by atoms with Crippen molar-refractivity contribution in [2.24, 2.45) is 5.73 Å². The molecule has 0 aromatic heterocycles. The lowest BCUT2D eigenvalue weighted by Gasteiger charge is -2.12. The van der Waals surface area contributed by atoms with Gasteiger partial charge in [0.15, 0.2) is 5.25 Å². The van der Waals surface area contributed by atoms with Gasteiger partial charge in [0, 0.05) is 6.54 Å². The van der Waals surface area contributed by atoms with E-state index in [0.29, 0.717) is 6.54 Å². The van der Waals surface area contributed by atoms with Crippen molar-refractivity contribution in [3.63, 3.8) is 0 Å². The van der Waals surface area contributed by atoms with Gasteiger partial charge in [0.25, 0.3) is 10.1 Å². The van der Waals surface area contributed by atoms with Crippen LogP contribution in [0.1, 0.15) is 116 Å². The highest BCUT2D eigenvalue weighted by Gasteiger charge is 2.32. The van der Waals surface area contributed by atoms with Gasteiger partial charge in [0.05, 0.1) is 6.42 Å². The van der Waals surface area contributed by atoms with Crippen LogP contribution < -0.4 is 11.1 Å². The molecule has 178 valence electrons. The second-order valence-corrected chi connectivity index (χ2v) is 9.87. The Hall–Kier alpha value is -1.15. The molecule has 2 amide bonds. The summed E-state index contributed by atoms with van der Waals surface area (Å²) in [6.07, 6.45) is 19.3. The van der Waals surface area contributed by atoms with Crippen LogP contribution in [0, 0.1) is 0 Å². The fraction of sp³-hybridized carbons (Fsp3) is 0.909. The molecule has 0 spiro atoms. The maximum atomic E-state index is 11.8. The summed E-state index contributed by atoms with van der Waals surface area (Å²) in [6.45, 7) is 2.57. The summed E-state index contributed by atoms with van der Waals surface area (Å²) in [5.41, 5.74) is 4.93. The molecule has 30 heavy (non-hydrogen) atoms. The van der Waals surface area contributed by atoms with Gasteiger partial charge in [-0.1, -0.05) is 103 Å². The van der Waals surface area contributed by atoms with Gasteiger partial charge in [-0.15, -0.1) is 0 Å². The zero-order chi connectivity index (χ0) is 22.7. The highest BCUT2D eigenvalue weighted by Crippen LogP contribution is 2.13. The molecule has 0 aliphatic heterocycles. The number of carbonyl (C=O) groups is 2. The number of rotatable bonds is 21. The first-order valence-electron chi connectivity index (χ1n) is 11.8. The lowest BCUT2D eigenvalue weighted by Crippen LogP contribution is -2.42. The van der Waals surface area contributed by atoms with Crippen molar-refractivity contribution >= 4 is 21.9 Å². The van der Waals surface area contributed by atoms with Gasteiger partial charge in [0.2, 0.25) is 11.8 Å². The Kier molecular flexibility index (Phi) is 17.9. The van der Waals surface area contributed by atoms with Crippen molar-refractivity contribution < 1.29 is 22.6 Å². The van der Waals surface area contributed by atoms with Gasteiger partial charge < -0.3 is 11.1 Å². The van der Waals surface area contributed by atoms with Crippen LogP contribution in [0.25, 0.3) is 0 Å². The molecule has 0 aliphatic rings. The normalized spacial score (nSPS) is 12.6. The molecule has 0 aromatic rings. The van der Waals surface area contributed by atoms with Crippen LogP contribution in [-0.2, 0) is 19.7 Å². The SMILES string of the molecule is CCCCCCCCCCCCCCCCCCNC(=O)C(CC(N)=O)S(=O)(=O)O. The first kappa shape index (κ1) is 28.9. The van der Waals surface area contributed by atoms with Gasteiger partial charge in [0.1, 0.15) is 0 Å². The maximum absolute atomic E-state index is 11.8. The number of primary amides is 1. The first-order valence-corrected chi connectivity index (χ1v) is 13.3. The second-order valence-electron chi connectivity index (χ2n) is 8.27. The number of hydrogen-bond donors (Lipinski definition) is 3. The van der Waals surface area contributed by atoms with Crippen LogP contribution in [0.2, 0.25) is 0 Å². The van der Waals surface area contributed by atoms with E-state index in [9.17, 15) is 18.0 Å². The van der Waals surface area contributed by atoms with Crippen molar-refractivity contribution in [1.29, 1.82) is 0 Å². The Morgan fingerprint density at radius 1 is 0.767 bits per heavy atom. The van der Waals surface area contributed by atoms with Crippen molar-refractivity contribution in [3.05, 3.63) is 0 Å². The quantitative estimate of drug-likeness (QED) is 0.176. The van der Waals surface area contributed by atoms with Gasteiger partial charge in [-0.3, -0.25) is 14.1 Å². The van der Waals surface area contributed by atoms with E-state index in [0.717, 1.165) is 19.3 Å². The largest absolute Gasteiger partial charge is 0.370 e. The summed E-state index contributed by atoms with van der Waals surface area (Å²) < 4.78 is 31.4.